The van der Waals surface area contributed by atoms with Crippen LogP contribution in [-0.4, -0.2) is 0 Å². The zero-order valence-electron chi connectivity index (χ0n) is 6.93. The molecule has 0 fully saturated rings. The molecule has 1 aromatic rings. The second-order valence-electron chi connectivity index (χ2n) is 3.57. The van der Waals surface area contributed by atoms with E-state index in [0.29, 0.717) is 0 Å². The molecule has 1 unspecified atom stereocenters. The Morgan fingerprint density at radius 2 is 2.18 bits per heavy atom. The molecule has 1 aromatic carbocycles. The van der Waals surface area contributed by atoms with E-state index in [1.807, 2.05) is 0 Å². The van der Waals surface area contributed by atoms with Gasteiger partial charge in [0.25, 0.3) is 0 Å². The second-order valence-corrected chi connectivity index (χ2v) is 3.57. The number of fused-ring (bicyclic) bond motifs is 1. The van der Waals surface area contributed by atoms with Crippen molar-refractivity contribution in [3.8, 4) is 0 Å². The van der Waals surface area contributed by atoms with Crippen LogP contribution in [0.2, 0.25) is 0 Å². The van der Waals surface area contributed by atoms with Crippen LogP contribution in [0.5, 0.6) is 0 Å². The van der Waals surface area contributed by atoms with E-state index >= 15 is 0 Å². The molecule has 1 aliphatic rings. The molecule has 1 aliphatic carbocycles. The number of hydrogen-bond donors (Lipinski definition) is 0. The van der Waals surface area contributed by atoms with Gasteiger partial charge in [-0.05, 0) is 42.4 Å². The fourth-order valence-electron chi connectivity index (χ4n) is 1.94. The fraction of sp³-hybridized carbons (Fsp3) is 0.364. The first-order chi connectivity index (χ1) is 5.27. The maximum Gasteiger partial charge on any atom is -0.0235 e. The summed E-state index contributed by atoms with van der Waals surface area (Å²) in [6.45, 7) is 6.33. The van der Waals surface area contributed by atoms with Gasteiger partial charge in [0.05, 0.1) is 0 Å². The van der Waals surface area contributed by atoms with Crippen molar-refractivity contribution in [3.05, 3.63) is 41.8 Å². The van der Waals surface area contributed by atoms with Crippen molar-refractivity contribution in [2.45, 2.75) is 19.8 Å². The maximum atomic E-state index is 4.03. The van der Waals surface area contributed by atoms with Crippen molar-refractivity contribution >= 4 is 0 Å². The predicted octanol–water partition coefficient (Wildman–Crippen LogP) is 2.60. The summed E-state index contributed by atoms with van der Waals surface area (Å²) in [7, 11) is 0. The van der Waals surface area contributed by atoms with Crippen LogP contribution in [0.1, 0.15) is 23.6 Å². The Morgan fingerprint density at radius 1 is 1.36 bits per heavy atom. The van der Waals surface area contributed by atoms with E-state index in [1.165, 1.54) is 29.5 Å². The van der Waals surface area contributed by atoms with Gasteiger partial charge in [0.15, 0.2) is 0 Å². The largest absolute Gasteiger partial charge is 0.0619 e. The molecule has 0 amide bonds. The summed E-state index contributed by atoms with van der Waals surface area (Å²) in [5.41, 5.74) is 4.25. The molecule has 0 aromatic heterocycles. The number of hydrogen-bond acceptors (Lipinski definition) is 0. The summed E-state index contributed by atoms with van der Waals surface area (Å²) in [5, 5.41) is 0. The highest BCUT2D eigenvalue weighted by Gasteiger charge is 2.18. The van der Waals surface area contributed by atoms with Crippen LogP contribution in [0.25, 0.3) is 0 Å². The minimum atomic E-state index is 0.827. The zero-order valence-corrected chi connectivity index (χ0v) is 6.93. The third kappa shape index (κ3) is 1.07. The van der Waals surface area contributed by atoms with Gasteiger partial charge >= 0.3 is 0 Å². The Kier molecular flexibility index (Phi) is 1.49. The Morgan fingerprint density at radius 3 is 2.91 bits per heavy atom. The third-order valence-corrected chi connectivity index (χ3v) is 2.49. The topological polar surface area (TPSA) is 0 Å². The lowest BCUT2D eigenvalue weighted by Gasteiger charge is -2.00. The van der Waals surface area contributed by atoms with E-state index in [-0.39, 0.29) is 0 Å². The van der Waals surface area contributed by atoms with Gasteiger partial charge in [-0.3, -0.25) is 0 Å². The number of rotatable bonds is 0. The summed E-state index contributed by atoms with van der Waals surface area (Å²) < 4.78 is 0. The first-order valence-corrected chi connectivity index (χ1v) is 4.20. The lowest BCUT2D eigenvalue weighted by atomic mass is 10.1. The van der Waals surface area contributed by atoms with Crippen LogP contribution in [0.3, 0.4) is 0 Å². The summed E-state index contributed by atoms with van der Waals surface area (Å²) in [5.74, 6) is 0.827. The van der Waals surface area contributed by atoms with Crippen LogP contribution < -0.4 is 0 Å². The zero-order chi connectivity index (χ0) is 7.84. The van der Waals surface area contributed by atoms with Crippen molar-refractivity contribution < 1.29 is 0 Å². The van der Waals surface area contributed by atoms with E-state index in [9.17, 15) is 0 Å². The smallest absolute Gasteiger partial charge is 0.0235 e. The van der Waals surface area contributed by atoms with Crippen LogP contribution in [0.15, 0.2) is 18.2 Å². The summed E-state index contributed by atoms with van der Waals surface area (Å²) in [4.78, 5) is 0. The van der Waals surface area contributed by atoms with Gasteiger partial charge < -0.3 is 0 Å². The Hall–Kier alpha value is -0.780. The van der Waals surface area contributed by atoms with Crippen LogP contribution >= 0.6 is 0 Å². The molecule has 0 heteroatoms. The predicted molar refractivity (Wildman–Crippen MR) is 47.5 cm³/mol. The molecule has 0 bridgehead atoms. The van der Waals surface area contributed by atoms with Crippen LogP contribution in [0.4, 0.5) is 0 Å². The van der Waals surface area contributed by atoms with Gasteiger partial charge in [0.2, 0.25) is 0 Å². The lowest BCUT2D eigenvalue weighted by Crippen LogP contribution is -1.90. The molecular formula is C11H13. The van der Waals surface area contributed by atoms with Gasteiger partial charge in [0.1, 0.15) is 0 Å². The van der Waals surface area contributed by atoms with E-state index in [4.69, 9.17) is 0 Å². The van der Waals surface area contributed by atoms with Gasteiger partial charge in [0, 0.05) is 0 Å². The van der Waals surface area contributed by atoms with E-state index in [0.717, 1.165) is 5.92 Å². The average Bonchev–Trinajstić information content (AvgIpc) is 2.31. The average molecular weight is 145 g/mol. The molecule has 2 rings (SSSR count). The molecular weight excluding hydrogens is 132 g/mol. The van der Waals surface area contributed by atoms with Gasteiger partial charge in [-0.25, -0.2) is 0 Å². The lowest BCUT2D eigenvalue weighted by molar-refractivity contribution is 0.627. The molecule has 11 heavy (non-hydrogen) atoms. The van der Waals surface area contributed by atoms with Crippen molar-refractivity contribution in [2.75, 3.05) is 0 Å². The van der Waals surface area contributed by atoms with E-state index in [1.54, 1.807) is 0 Å². The Balaban J connectivity index is 2.49. The normalized spacial score (nSPS) is 21.8. The highest BCUT2D eigenvalue weighted by Crippen LogP contribution is 2.28. The molecule has 0 spiro atoms. The van der Waals surface area contributed by atoms with Crippen LogP contribution in [-0.2, 0) is 12.8 Å². The monoisotopic (exact) mass is 145 g/mol. The quantitative estimate of drug-likeness (QED) is 0.526. The molecule has 0 N–H and O–H groups in total. The van der Waals surface area contributed by atoms with E-state index in [2.05, 4.69) is 32.0 Å². The molecule has 0 saturated heterocycles. The molecule has 1 atom stereocenters. The maximum absolute atomic E-state index is 4.03. The highest BCUT2D eigenvalue weighted by molar-refractivity contribution is 5.40. The Bertz CT molecular complexity index is 273. The summed E-state index contributed by atoms with van der Waals surface area (Å²) in [6.07, 6.45) is 2.48. The van der Waals surface area contributed by atoms with Gasteiger partial charge in [-0.1, -0.05) is 25.1 Å². The second kappa shape index (κ2) is 2.37. The molecule has 0 heterocycles. The molecule has 0 nitrogen and oxygen atoms in total. The van der Waals surface area contributed by atoms with E-state index < -0.39 is 0 Å². The third-order valence-electron chi connectivity index (χ3n) is 2.49. The molecule has 0 aliphatic heterocycles. The summed E-state index contributed by atoms with van der Waals surface area (Å²) in [6, 6.07) is 6.45. The molecule has 57 valence electrons. The molecule has 0 saturated carbocycles. The fourth-order valence-corrected chi connectivity index (χ4v) is 1.94. The molecule has 1 radical (unpaired) electrons. The Labute approximate surface area is 68.3 Å². The highest BCUT2D eigenvalue weighted by atomic mass is 14.2. The van der Waals surface area contributed by atoms with Crippen molar-refractivity contribution in [1.82, 2.24) is 0 Å². The van der Waals surface area contributed by atoms with Crippen molar-refractivity contribution in [3.63, 3.8) is 0 Å². The standard InChI is InChI=1S/C11H13/c1-8-6-10-5-3-4-9(2)11(10)7-8/h3-5,8H,2,6-7H2,1H3. The first kappa shape index (κ1) is 6.90. The first-order valence-electron chi connectivity index (χ1n) is 4.20. The SMILES string of the molecule is [CH2]c1cccc2c1CC(C)C2. The minimum absolute atomic E-state index is 0.827. The van der Waals surface area contributed by atoms with Crippen molar-refractivity contribution in [2.24, 2.45) is 5.92 Å². The van der Waals surface area contributed by atoms with Crippen molar-refractivity contribution in [1.29, 1.82) is 0 Å². The van der Waals surface area contributed by atoms with Crippen LogP contribution in [0, 0.1) is 12.8 Å². The number of benzene rings is 1. The van der Waals surface area contributed by atoms with Gasteiger partial charge in [-0.2, -0.15) is 0 Å². The van der Waals surface area contributed by atoms with Gasteiger partial charge in [-0.15, -0.1) is 0 Å². The summed E-state index contributed by atoms with van der Waals surface area (Å²) >= 11 is 0. The minimum Gasteiger partial charge on any atom is -0.0619 e.